The quantitative estimate of drug-likeness (QED) is 0.296. The first-order chi connectivity index (χ1) is 13.2. The number of methoxy groups -OCH3 is 2. The largest absolute Gasteiger partial charge is 0.497 e. The molecule has 0 fully saturated rings. The zero-order chi connectivity index (χ0) is 19.5. The molecule has 0 heterocycles. The second kappa shape index (κ2) is 12.8. The number of rotatable bonds is 8. The predicted molar refractivity (Wildman–Crippen MR) is 121 cm³/mol. The van der Waals surface area contributed by atoms with E-state index in [0.29, 0.717) is 19.0 Å². The van der Waals surface area contributed by atoms with Gasteiger partial charge in [-0.1, -0.05) is 30.3 Å². The summed E-state index contributed by atoms with van der Waals surface area (Å²) in [5.41, 5.74) is 2.01. The third-order valence-corrected chi connectivity index (χ3v) is 3.91. The number of nitrogens with one attached hydrogen (secondary N) is 3. The molecule has 3 N–H and O–H groups in total. The summed E-state index contributed by atoms with van der Waals surface area (Å²) in [7, 11) is 4.88. The fourth-order valence-corrected chi connectivity index (χ4v) is 2.42. The Kier molecular flexibility index (Phi) is 10.8. The Labute approximate surface area is 182 Å². The average Bonchev–Trinajstić information content (AvgIpc) is 2.73. The number of aliphatic imine (C=N–C) groups is 1. The summed E-state index contributed by atoms with van der Waals surface area (Å²) in [5, 5.41) is 9.03. The molecule has 2 aromatic rings. The van der Waals surface area contributed by atoms with Gasteiger partial charge in [0.25, 0.3) is 0 Å². The number of carbonyl (C=O) groups is 1. The van der Waals surface area contributed by atoms with Crippen LogP contribution in [0.2, 0.25) is 0 Å². The molecule has 0 saturated carbocycles. The minimum Gasteiger partial charge on any atom is -0.497 e. The first-order valence-corrected chi connectivity index (χ1v) is 8.62. The van der Waals surface area contributed by atoms with Gasteiger partial charge in [0.2, 0.25) is 5.91 Å². The Morgan fingerprint density at radius 1 is 0.964 bits per heavy atom. The van der Waals surface area contributed by atoms with Crippen LogP contribution in [0.1, 0.15) is 11.1 Å². The van der Waals surface area contributed by atoms with E-state index in [4.69, 9.17) is 9.47 Å². The van der Waals surface area contributed by atoms with Gasteiger partial charge in [0, 0.05) is 31.8 Å². The van der Waals surface area contributed by atoms with E-state index in [9.17, 15) is 4.79 Å². The van der Waals surface area contributed by atoms with Crippen molar-refractivity contribution in [3.63, 3.8) is 0 Å². The Bertz CT molecular complexity index is 769. The van der Waals surface area contributed by atoms with Crippen molar-refractivity contribution in [2.45, 2.75) is 13.1 Å². The van der Waals surface area contributed by atoms with Gasteiger partial charge in [0.1, 0.15) is 11.5 Å². The zero-order valence-corrected chi connectivity index (χ0v) is 18.7. The van der Waals surface area contributed by atoms with E-state index in [-0.39, 0.29) is 36.4 Å². The van der Waals surface area contributed by atoms with Crippen LogP contribution in [0.3, 0.4) is 0 Å². The molecular weight excluding hydrogens is 471 g/mol. The first kappa shape index (κ1) is 23.5. The number of carbonyl (C=O) groups excluding carboxylic acids is 1. The standard InChI is InChI=1S/C20H26N4O3.HI/c1-21-20(23-13-16-9-10-17(26-2)11-18(16)27-3)24-14-19(25)22-12-15-7-5-4-6-8-15;/h4-11H,12-14H2,1-3H3,(H,22,25)(H2,21,23,24);1H. The molecule has 152 valence electrons. The number of amides is 1. The van der Waals surface area contributed by atoms with E-state index < -0.39 is 0 Å². The molecule has 8 heteroatoms. The highest BCUT2D eigenvalue weighted by atomic mass is 127. The van der Waals surface area contributed by atoms with E-state index in [1.807, 2.05) is 48.5 Å². The van der Waals surface area contributed by atoms with Crippen molar-refractivity contribution in [1.82, 2.24) is 16.0 Å². The summed E-state index contributed by atoms with van der Waals surface area (Å²) in [4.78, 5) is 16.1. The molecule has 0 saturated heterocycles. The molecule has 7 nitrogen and oxygen atoms in total. The number of nitrogens with zero attached hydrogens (tertiary/aromatic N) is 1. The van der Waals surface area contributed by atoms with Gasteiger partial charge in [-0.05, 0) is 17.7 Å². The molecule has 28 heavy (non-hydrogen) atoms. The minimum atomic E-state index is -0.108. The molecule has 0 aliphatic heterocycles. The number of hydrogen-bond donors (Lipinski definition) is 3. The number of guanidine groups is 1. The van der Waals surface area contributed by atoms with Crippen LogP contribution >= 0.6 is 24.0 Å². The third-order valence-electron chi connectivity index (χ3n) is 3.91. The molecule has 0 bridgehead atoms. The van der Waals surface area contributed by atoms with E-state index in [1.165, 1.54) is 0 Å². The highest BCUT2D eigenvalue weighted by Gasteiger charge is 2.07. The molecule has 0 atom stereocenters. The fraction of sp³-hybridized carbons (Fsp3) is 0.300. The topological polar surface area (TPSA) is 84.0 Å². The number of halogens is 1. The van der Waals surface area contributed by atoms with E-state index in [1.54, 1.807) is 21.3 Å². The Morgan fingerprint density at radius 3 is 2.36 bits per heavy atom. The normalized spacial score (nSPS) is 10.5. The molecule has 2 rings (SSSR count). The van der Waals surface area contributed by atoms with Gasteiger partial charge in [-0.2, -0.15) is 0 Å². The van der Waals surface area contributed by atoms with Gasteiger partial charge in [-0.25, -0.2) is 0 Å². The highest BCUT2D eigenvalue weighted by molar-refractivity contribution is 14.0. The lowest BCUT2D eigenvalue weighted by molar-refractivity contribution is -0.120. The smallest absolute Gasteiger partial charge is 0.239 e. The summed E-state index contributed by atoms with van der Waals surface area (Å²) in [6, 6.07) is 15.4. The molecule has 0 spiro atoms. The van der Waals surface area contributed by atoms with Gasteiger partial charge in [-0.3, -0.25) is 9.79 Å². The van der Waals surface area contributed by atoms with Crippen molar-refractivity contribution in [3.05, 3.63) is 59.7 Å². The van der Waals surface area contributed by atoms with Gasteiger partial charge in [-0.15, -0.1) is 24.0 Å². The highest BCUT2D eigenvalue weighted by Crippen LogP contribution is 2.24. The first-order valence-electron chi connectivity index (χ1n) is 8.62. The Morgan fingerprint density at radius 2 is 1.71 bits per heavy atom. The van der Waals surface area contributed by atoms with Gasteiger partial charge in [0.15, 0.2) is 5.96 Å². The van der Waals surface area contributed by atoms with Crippen LogP contribution in [0.5, 0.6) is 11.5 Å². The maximum Gasteiger partial charge on any atom is 0.239 e. The van der Waals surface area contributed by atoms with E-state index in [2.05, 4.69) is 20.9 Å². The zero-order valence-electron chi connectivity index (χ0n) is 16.3. The molecule has 0 aliphatic rings. The monoisotopic (exact) mass is 498 g/mol. The van der Waals surface area contributed by atoms with Crippen LogP contribution < -0.4 is 25.4 Å². The lowest BCUT2D eigenvalue weighted by atomic mass is 10.2. The number of hydrogen-bond acceptors (Lipinski definition) is 4. The lowest BCUT2D eigenvalue weighted by Gasteiger charge is -2.14. The van der Waals surface area contributed by atoms with Gasteiger partial charge < -0.3 is 25.4 Å². The summed E-state index contributed by atoms with van der Waals surface area (Å²) in [6.45, 7) is 1.13. The van der Waals surface area contributed by atoms with Crippen LogP contribution in [0, 0.1) is 0 Å². The lowest BCUT2D eigenvalue weighted by Crippen LogP contribution is -2.42. The SMILES string of the molecule is CN=C(NCC(=O)NCc1ccccc1)NCc1ccc(OC)cc1OC.I. The average molecular weight is 498 g/mol. The van der Waals surface area contributed by atoms with Crippen LogP contribution in [0.25, 0.3) is 0 Å². The summed E-state index contributed by atoms with van der Waals surface area (Å²) >= 11 is 0. The van der Waals surface area contributed by atoms with Gasteiger partial charge in [0.05, 0.1) is 20.8 Å². The molecule has 0 radical (unpaired) electrons. The van der Waals surface area contributed by atoms with E-state index >= 15 is 0 Å². The summed E-state index contributed by atoms with van der Waals surface area (Å²) in [6.07, 6.45) is 0. The van der Waals surface area contributed by atoms with Crippen LogP contribution in [-0.2, 0) is 17.9 Å². The molecular formula is C20H27IN4O3. The number of ether oxygens (including phenoxy) is 2. The minimum absolute atomic E-state index is 0. The Hall–Kier alpha value is -2.49. The van der Waals surface area contributed by atoms with Crippen molar-refractivity contribution < 1.29 is 14.3 Å². The van der Waals surface area contributed by atoms with Crippen molar-refractivity contribution in [3.8, 4) is 11.5 Å². The molecule has 0 aliphatic carbocycles. The maximum atomic E-state index is 12.0. The van der Waals surface area contributed by atoms with Crippen molar-refractivity contribution in [2.75, 3.05) is 27.8 Å². The Balaban J connectivity index is 0.00000392. The third kappa shape index (κ3) is 7.63. The molecule has 2 aromatic carbocycles. The van der Waals surface area contributed by atoms with E-state index in [0.717, 1.165) is 22.6 Å². The second-order valence-electron chi connectivity index (χ2n) is 5.72. The van der Waals surface area contributed by atoms with Gasteiger partial charge >= 0.3 is 0 Å². The summed E-state index contributed by atoms with van der Waals surface area (Å²) in [5.74, 6) is 1.87. The molecule has 0 unspecified atom stereocenters. The maximum absolute atomic E-state index is 12.0. The van der Waals surface area contributed by atoms with Crippen molar-refractivity contribution in [2.24, 2.45) is 4.99 Å². The van der Waals surface area contributed by atoms with Crippen LogP contribution in [0.4, 0.5) is 0 Å². The van der Waals surface area contributed by atoms with Crippen LogP contribution in [-0.4, -0.2) is 39.7 Å². The summed E-state index contributed by atoms with van der Waals surface area (Å²) < 4.78 is 10.6. The van der Waals surface area contributed by atoms with Crippen molar-refractivity contribution >= 4 is 35.8 Å². The molecule has 1 amide bonds. The van der Waals surface area contributed by atoms with Crippen molar-refractivity contribution in [1.29, 1.82) is 0 Å². The fourth-order valence-electron chi connectivity index (χ4n) is 2.42. The van der Waals surface area contributed by atoms with Crippen LogP contribution in [0.15, 0.2) is 53.5 Å². The molecule has 0 aromatic heterocycles. The predicted octanol–water partition coefficient (Wildman–Crippen LogP) is 2.30. The second-order valence-corrected chi connectivity index (χ2v) is 5.72. The number of benzene rings is 2.